The first-order valence-electron chi connectivity index (χ1n) is 6.52. The Bertz CT molecular complexity index is 809. The summed E-state index contributed by atoms with van der Waals surface area (Å²) in [6.07, 6.45) is 1.96. The van der Waals surface area contributed by atoms with Crippen LogP contribution in [0.1, 0.15) is 5.56 Å². The van der Waals surface area contributed by atoms with Crippen molar-refractivity contribution in [2.24, 2.45) is 12.0 Å². The van der Waals surface area contributed by atoms with Crippen molar-refractivity contribution in [3.8, 4) is 11.3 Å². The van der Waals surface area contributed by atoms with Gasteiger partial charge in [-0.1, -0.05) is 36.4 Å². The predicted octanol–water partition coefficient (Wildman–Crippen LogP) is 3.65. The van der Waals surface area contributed by atoms with Crippen LogP contribution in [-0.2, 0) is 39.8 Å². The van der Waals surface area contributed by atoms with Crippen molar-refractivity contribution in [2.45, 2.75) is 6.92 Å². The molecule has 0 saturated heterocycles. The minimum atomic E-state index is 0. The Kier molecular flexibility index (Phi) is 5.02. The zero-order valence-electron chi connectivity index (χ0n) is 12.2. The Morgan fingerprint density at radius 2 is 1.90 bits per heavy atom. The molecule has 101 valence electrons. The van der Waals surface area contributed by atoms with Gasteiger partial charge < -0.3 is 9.56 Å². The van der Waals surface area contributed by atoms with Crippen molar-refractivity contribution in [1.29, 1.82) is 0 Å². The first-order chi connectivity index (χ1) is 9.72. The van der Waals surface area contributed by atoms with Crippen molar-refractivity contribution < 1.29 is 37.3 Å². The van der Waals surface area contributed by atoms with E-state index in [-0.39, 0.29) is 32.7 Å². The van der Waals surface area contributed by atoms with Gasteiger partial charge in [0.05, 0.1) is 6.20 Å². The summed E-state index contributed by atoms with van der Waals surface area (Å²) in [5, 5.41) is 2.49. The molecule has 1 heterocycles. The van der Waals surface area contributed by atoms with Gasteiger partial charge in [0.1, 0.15) is 7.05 Å². The number of aryl methyl sites for hydroxylation is 2. The fourth-order valence-corrected chi connectivity index (χ4v) is 2.64. The number of hydrogen-bond acceptors (Lipinski definition) is 1. The van der Waals surface area contributed by atoms with Gasteiger partial charge in [-0.2, -0.15) is 6.72 Å². The van der Waals surface area contributed by atoms with Gasteiger partial charge in [-0.15, -0.1) is 11.8 Å². The van der Waals surface area contributed by atoms with Gasteiger partial charge in [0.25, 0.3) is 0 Å². The van der Waals surface area contributed by atoms with Gasteiger partial charge in [0.2, 0.25) is 0 Å². The molecule has 0 atom stereocenters. The minimum Gasteiger partial charge on any atom is -0.479 e. The molecule has 0 fully saturated rings. The van der Waals surface area contributed by atoms with Crippen molar-refractivity contribution in [3.05, 3.63) is 60.3 Å². The molecule has 1 aromatic heterocycles. The molecule has 2 nitrogen and oxygen atoms in total. The number of aromatic nitrogens is 1. The molecule has 21 heavy (non-hydrogen) atoms. The summed E-state index contributed by atoms with van der Waals surface area (Å²) < 4.78 is 2.03. The van der Waals surface area contributed by atoms with E-state index in [1.807, 2.05) is 23.9 Å². The summed E-state index contributed by atoms with van der Waals surface area (Å²) in [7, 11) is 1.99. The van der Waals surface area contributed by atoms with E-state index in [4.69, 9.17) is 6.72 Å². The molecule has 0 aliphatic heterocycles. The maximum absolute atomic E-state index is 5.50. The van der Waals surface area contributed by atoms with Gasteiger partial charge in [-0.25, -0.2) is 6.07 Å². The Balaban J connectivity index is 0.00000161. The maximum Gasteiger partial charge on any atom is 0.114 e. The molecule has 0 spiro atoms. The van der Waals surface area contributed by atoms with E-state index in [2.05, 4.69) is 54.4 Å². The van der Waals surface area contributed by atoms with E-state index in [1.54, 1.807) is 0 Å². The quantitative estimate of drug-likeness (QED) is 0.382. The molecule has 0 unspecified atom stereocenters. The van der Waals surface area contributed by atoms with E-state index in [1.165, 1.54) is 16.3 Å². The van der Waals surface area contributed by atoms with E-state index < -0.39 is 0 Å². The Morgan fingerprint density at radius 1 is 1.14 bits per heavy atom. The normalized spacial score (nSPS) is 10.2. The second-order valence-corrected chi connectivity index (χ2v) is 4.86. The zero-order valence-corrected chi connectivity index (χ0v) is 15.0. The van der Waals surface area contributed by atoms with Crippen LogP contribution in [-0.4, -0.2) is 6.72 Å². The topological polar surface area (TPSA) is 16.2 Å². The Labute approximate surface area is 150 Å². The molecule has 3 aromatic rings. The molecule has 1 radical (unpaired) electrons. The van der Waals surface area contributed by atoms with Gasteiger partial charge in [-0.3, -0.25) is 0 Å². The van der Waals surface area contributed by atoms with Crippen molar-refractivity contribution in [3.63, 3.8) is 0 Å². The van der Waals surface area contributed by atoms with Gasteiger partial charge >= 0.3 is 0 Å². The molecule has 0 N–H and O–H groups in total. The number of rotatable bonds is 2. The largest absolute Gasteiger partial charge is 0.479 e. The predicted molar refractivity (Wildman–Crippen MR) is 82.3 cm³/mol. The van der Waals surface area contributed by atoms with Crippen LogP contribution in [0.3, 0.4) is 0 Å². The van der Waals surface area contributed by atoms with Crippen molar-refractivity contribution in [1.82, 2.24) is 0 Å². The van der Waals surface area contributed by atoms with Crippen LogP contribution < -0.4 is 4.57 Å². The molecule has 3 heteroatoms. The fourth-order valence-electron chi connectivity index (χ4n) is 2.64. The van der Waals surface area contributed by atoms with Crippen LogP contribution in [0.5, 0.6) is 0 Å². The summed E-state index contributed by atoms with van der Waals surface area (Å²) in [4.78, 5) is 3.85. The van der Waals surface area contributed by atoms with E-state index in [9.17, 15) is 0 Å². The van der Waals surface area contributed by atoms with E-state index >= 15 is 0 Å². The first-order valence-corrected chi connectivity index (χ1v) is 6.52. The SMILES string of the molecule is [CH-]=Nc1[c-]cc[n+](C)c1-c1ccc2ccccc2c1C.[Y]. The third-order valence-corrected chi connectivity index (χ3v) is 3.68. The Hall–Kier alpha value is -1.38. The second kappa shape index (κ2) is 6.59. The molecular weight excluding hydrogens is 333 g/mol. The summed E-state index contributed by atoms with van der Waals surface area (Å²) in [6, 6.07) is 17.5. The average molecular weight is 348 g/mol. The fraction of sp³-hybridized carbons (Fsp3) is 0.111. The number of nitrogens with zero attached hydrogens (tertiary/aromatic N) is 2. The van der Waals surface area contributed by atoms with Crippen LogP contribution in [0.4, 0.5) is 5.69 Å². The molecule has 0 aliphatic rings. The summed E-state index contributed by atoms with van der Waals surface area (Å²) in [5.41, 5.74) is 4.02. The summed E-state index contributed by atoms with van der Waals surface area (Å²) in [5.74, 6) is 0. The number of hydrogen-bond donors (Lipinski definition) is 0. The molecule has 0 saturated carbocycles. The van der Waals surface area contributed by atoms with Crippen LogP contribution in [0.2, 0.25) is 0 Å². The number of fused-ring (bicyclic) bond motifs is 1. The van der Waals surface area contributed by atoms with Crippen LogP contribution in [0.15, 0.2) is 53.7 Å². The standard InChI is InChI=1S/C18H15N2.Y/c1-13-15-8-5-4-7-14(15)10-11-16(13)18-17(19-2)9-6-12-20(18)3;/h2,4-8,10-12H,1,3H3;/q-1;. The number of aliphatic imine (C=N–C) groups is 1. The Morgan fingerprint density at radius 3 is 2.67 bits per heavy atom. The monoisotopic (exact) mass is 348 g/mol. The van der Waals surface area contributed by atoms with Gasteiger partial charge in [0, 0.05) is 38.4 Å². The van der Waals surface area contributed by atoms with Crippen molar-refractivity contribution >= 4 is 23.2 Å². The summed E-state index contributed by atoms with van der Waals surface area (Å²) in [6.45, 7) is 7.63. The molecule has 0 aliphatic carbocycles. The second-order valence-electron chi connectivity index (χ2n) is 4.86. The van der Waals surface area contributed by atoms with Crippen LogP contribution in [0.25, 0.3) is 22.0 Å². The molecule has 0 amide bonds. The molecule has 0 bridgehead atoms. The first kappa shape index (κ1) is 16.0. The molecule has 2 aromatic carbocycles. The number of pyridine rings is 1. The average Bonchev–Trinajstić information content (AvgIpc) is 2.48. The molecule has 3 rings (SSSR count). The maximum atomic E-state index is 5.50. The van der Waals surface area contributed by atoms with Crippen LogP contribution >= 0.6 is 0 Å². The third kappa shape index (κ3) is 2.83. The van der Waals surface area contributed by atoms with E-state index in [0.717, 1.165) is 11.3 Å². The zero-order chi connectivity index (χ0) is 14.1. The van der Waals surface area contributed by atoms with E-state index in [0.29, 0.717) is 5.69 Å². The number of benzene rings is 2. The van der Waals surface area contributed by atoms with Gasteiger partial charge in [0.15, 0.2) is 0 Å². The van der Waals surface area contributed by atoms with Gasteiger partial charge in [-0.05, 0) is 28.8 Å². The third-order valence-electron chi connectivity index (χ3n) is 3.68. The molecular formula is C18H15N2Y-. The smallest absolute Gasteiger partial charge is 0.114 e. The minimum absolute atomic E-state index is 0. The van der Waals surface area contributed by atoms with Crippen molar-refractivity contribution in [2.75, 3.05) is 0 Å². The summed E-state index contributed by atoms with van der Waals surface area (Å²) >= 11 is 0. The van der Waals surface area contributed by atoms with Crippen LogP contribution in [0, 0.1) is 13.0 Å².